The SMILES string of the molecule is CC(C)(C1CCC(C2(C)C3CC4CC(C3)CC2C4)C1)C1C2C=CCC[C@H]2[C@H]2CCC=CC12. The van der Waals surface area contributed by atoms with E-state index >= 15 is 0 Å². The molecule has 0 aromatic carbocycles. The number of hydrogen-bond donors (Lipinski definition) is 0. The molecule has 4 bridgehead atoms. The monoisotopic (exact) mass is 432 g/mol. The van der Waals surface area contributed by atoms with Crippen molar-refractivity contribution in [2.45, 2.75) is 97.8 Å². The molecular weight excluding hydrogens is 384 g/mol. The molecule has 176 valence electrons. The van der Waals surface area contributed by atoms with E-state index in [0.717, 1.165) is 65.1 Å². The Morgan fingerprint density at radius 2 is 1.22 bits per heavy atom. The zero-order chi connectivity index (χ0) is 21.7. The Hall–Kier alpha value is -0.520. The number of allylic oxidation sites excluding steroid dienone is 4. The molecule has 0 aromatic rings. The summed E-state index contributed by atoms with van der Waals surface area (Å²) in [6.45, 7) is 8.26. The van der Waals surface area contributed by atoms with E-state index in [0.29, 0.717) is 10.8 Å². The molecule has 0 heteroatoms. The second-order valence-electron chi connectivity index (χ2n) is 14.7. The van der Waals surface area contributed by atoms with Gasteiger partial charge in [0.05, 0.1) is 0 Å². The van der Waals surface area contributed by atoms with Crippen LogP contribution in [0.5, 0.6) is 0 Å². The molecular formula is C32H48. The Morgan fingerprint density at radius 1 is 0.656 bits per heavy atom. The lowest BCUT2D eigenvalue weighted by Gasteiger charge is -2.62. The second kappa shape index (κ2) is 7.24. The third-order valence-electron chi connectivity index (χ3n) is 13.5. The Labute approximate surface area is 198 Å². The Kier molecular flexibility index (Phi) is 4.71. The summed E-state index contributed by atoms with van der Waals surface area (Å²) in [7, 11) is 0. The van der Waals surface area contributed by atoms with Crippen LogP contribution < -0.4 is 0 Å². The van der Waals surface area contributed by atoms with E-state index in [-0.39, 0.29) is 0 Å². The standard InChI is InChI=1S/C32H48/c1-31(2,30-28-10-6-4-8-26(28)27-9-5-7-11-29(27)30)22-12-13-23(19-22)32(3)24-15-20-14-21(17-24)18-25(32)16-20/h6-7,10-11,20-30H,4-5,8-9,12-19H2,1-3H3/t20?,21?,22?,23?,24?,25?,26-,27+,28?,29?,30?,32?. The average Bonchev–Trinajstić information content (AvgIpc) is 3.41. The zero-order valence-electron chi connectivity index (χ0n) is 21.1. The van der Waals surface area contributed by atoms with E-state index in [4.69, 9.17) is 0 Å². The van der Waals surface area contributed by atoms with Crippen molar-refractivity contribution in [2.75, 3.05) is 0 Å². The molecule has 0 aromatic heterocycles. The van der Waals surface area contributed by atoms with E-state index in [9.17, 15) is 0 Å². The van der Waals surface area contributed by atoms with Gasteiger partial charge in [0.15, 0.2) is 0 Å². The van der Waals surface area contributed by atoms with Crippen molar-refractivity contribution in [3.63, 3.8) is 0 Å². The summed E-state index contributed by atoms with van der Waals surface area (Å²) < 4.78 is 0. The topological polar surface area (TPSA) is 0 Å². The third-order valence-corrected chi connectivity index (χ3v) is 13.5. The Balaban J connectivity index is 1.15. The highest BCUT2D eigenvalue weighted by Crippen LogP contribution is 2.69. The lowest BCUT2D eigenvalue weighted by atomic mass is 9.43. The van der Waals surface area contributed by atoms with E-state index < -0.39 is 0 Å². The van der Waals surface area contributed by atoms with Crippen LogP contribution in [0.1, 0.15) is 97.8 Å². The van der Waals surface area contributed by atoms with E-state index in [1.54, 1.807) is 44.9 Å². The van der Waals surface area contributed by atoms with Crippen molar-refractivity contribution >= 4 is 0 Å². The molecule has 7 atom stereocenters. The zero-order valence-corrected chi connectivity index (χ0v) is 21.1. The molecule has 0 nitrogen and oxygen atoms in total. The molecule has 8 rings (SSSR count). The van der Waals surface area contributed by atoms with Crippen molar-refractivity contribution in [1.29, 1.82) is 0 Å². The summed E-state index contributed by atoms with van der Waals surface area (Å²) >= 11 is 0. The number of fused-ring (bicyclic) bond motifs is 3. The van der Waals surface area contributed by atoms with Crippen LogP contribution in [0.4, 0.5) is 0 Å². The van der Waals surface area contributed by atoms with Gasteiger partial charge in [-0.1, -0.05) is 45.1 Å². The molecule has 6 fully saturated rings. The maximum absolute atomic E-state index is 2.80. The molecule has 6 saturated carbocycles. The Morgan fingerprint density at radius 3 is 1.78 bits per heavy atom. The van der Waals surface area contributed by atoms with Gasteiger partial charge in [-0.2, -0.15) is 0 Å². The predicted molar refractivity (Wildman–Crippen MR) is 134 cm³/mol. The van der Waals surface area contributed by atoms with Crippen LogP contribution in [0.3, 0.4) is 0 Å². The highest BCUT2D eigenvalue weighted by molar-refractivity contribution is 5.18. The first-order chi connectivity index (χ1) is 15.5. The minimum absolute atomic E-state index is 0.489. The largest absolute Gasteiger partial charge is 0.0882 e. The second-order valence-corrected chi connectivity index (χ2v) is 14.7. The van der Waals surface area contributed by atoms with Gasteiger partial charge in [-0.3, -0.25) is 0 Å². The first-order valence-electron chi connectivity index (χ1n) is 14.8. The maximum atomic E-state index is 2.80. The maximum Gasteiger partial charge on any atom is -0.0163 e. The quantitative estimate of drug-likeness (QED) is 0.391. The van der Waals surface area contributed by atoms with Gasteiger partial charge in [0, 0.05) is 0 Å². The van der Waals surface area contributed by atoms with Gasteiger partial charge in [0.25, 0.3) is 0 Å². The van der Waals surface area contributed by atoms with Crippen LogP contribution in [-0.2, 0) is 0 Å². The van der Waals surface area contributed by atoms with E-state index in [1.165, 1.54) is 32.1 Å². The summed E-state index contributed by atoms with van der Waals surface area (Å²) in [6.07, 6.45) is 28.8. The molecule has 0 heterocycles. The lowest BCUT2D eigenvalue weighted by molar-refractivity contribution is -0.130. The molecule has 0 amide bonds. The average molecular weight is 433 g/mol. The normalized spacial score (nSPS) is 55.9. The summed E-state index contributed by atoms with van der Waals surface area (Å²) in [5.74, 6) is 11.0. The fraction of sp³-hybridized carbons (Fsp3) is 0.875. The summed E-state index contributed by atoms with van der Waals surface area (Å²) in [5.41, 5.74) is 1.18. The highest BCUT2D eigenvalue weighted by Gasteiger charge is 2.61. The van der Waals surface area contributed by atoms with Crippen LogP contribution in [0, 0.1) is 75.9 Å². The van der Waals surface area contributed by atoms with Gasteiger partial charge in [0.1, 0.15) is 0 Å². The van der Waals surface area contributed by atoms with Gasteiger partial charge in [-0.15, -0.1) is 0 Å². The molecule has 0 radical (unpaired) electrons. The van der Waals surface area contributed by atoms with E-state index in [1.807, 2.05) is 0 Å². The number of rotatable bonds is 3. The molecule has 0 spiro atoms. The minimum atomic E-state index is 0.489. The van der Waals surface area contributed by atoms with Crippen molar-refractivity contribution in [3.05, 3.63) is 24.3 Å². The van der Waals surface area contributed by atoms with Crippen LogP contribution in [0.25, 0.3) is 0 Å². The molecule has 0 N–H and O–H groups in total. The fourth-order valence-corrected chi connectivity index (χ4v) is 12.1. The predicted octanol–water partition coefficient (Wildman–Crippen LogP) is 8.69. The third kappa shape index (κ3) is 2.80. The lowest BCUT2D eigenvalue weighted by Crippen LogP contribution is -2.54. The van der Waals surface area contributed by atoms with E-state index in [2.05, 4.69) is 45.1 Å². The first kappa shape index (κ1) is 20.8. The van der Waals surface area contributed by atoms with Gasteiger partial charge < -0.3 is 0 Å². The van der Waals surface area contributed by atoms with Gasteiger partial charge in [-0.25, -0.2) is 0 Å². The van der Waals surface area contributed by atoms with Crippen LogP contribution in [-0.4, -0.2) is 0 Å². The molecule has 0 saturated heterocycles. The summed E-state index contributed by atoms with van der Waals surface area (Å²) in [6, 6.07) is 0. The Bertz CT molecular complexity index is 741. The van der Waals surface area contributed by atoms with Gasteiger partial charge >= 0.3 is 0 Å². The highest BCUT2D eigenvalue weighted by atomic mass is 14.7. The van der Waals surface area contributed by atoms with Crippen molar-refractivity contribution in [3.8, 4) is 0 Å². The molecule has 8 aliphatic rings. The van der Waals surface area contributed by atoms with Crippen molar-refractivity contribution in [1.82, 2.24) is 0 Å². The molecule has 5 unspecified atom stereocenters. The van der Waals surface area contributed by atoms with Crippen molar-refractivity contribution < 1.29 is 0 Å². The molecule has 32 heavy (non-hydrogen) atoms. The van der Waals surface area contributed by atoms with Crippen LogP contribution in [0.2, 0.25) is 0 Å². The van der Waals surface area contributed by atoms with Gasteiger partial charge in [-0.05, 0) is 153 Å². The van der Waals surface area contributed by atoms with Crippen LogP contribution >= 0.6 is 0 Å². The van der Waals surface area contributed by atoms with Crippen molar-refractivity contribution in [2.24, 2.45) is 75.9 Å². The fourth-order valence-electron chi connectivity index (χ4n) is 12.1. The summed E-state index contributed by atoms with van der Waals surface area (Å²) in [5, 5.41) is 0. The smallest absolute Gasteiger partial charge is 0.0163 e. The van der Waals surface area contributed by atoms with Gasteiger partial charge in [0.2, 0.25) is 0 Å². The number of hydrogen-bond acceptors (Lipinski definition) is 0. The van der Waals surface area contributed by atoms with Crippen LogP contribution in [0.15, 0.2) is 24.3 Å². The molecule has 8 aliphatic carbocycles. The molecule has 0 aliphatic heterocycles. The minimum Gasteiger partial charge on any atom is -0.0882 e. The first-order valence-corrected chi connectivity index (χ1v) is 14.8. The summed E-state index contributed by atoms with van der Waals surface area (Å²) in [4.78, 5) is 0.